The van der Waals surface area contributed by atoms with Gasteiger partial charge in [-0.15, -0.1) is 0 Å². The van der Waals surface area contributed by atoms with Crippen molar-refractivity contribution < 1.29 is 8.42 Å². The Kier molecular flexibility index (Phi) is 4.98. The summed E-state index contributed by atoms with van der Waals surface area (Å²) in [6.07, 6.45) is 0. The molecule has 21 heavy (non-hydrogen) atoms. The standard InChI is InChI=1S/C14H21N3O2S2/c1-11-9-16(2)6-7-17(11)21(18,19)10-12-4-3-5-13(8-12)14(15)20/h3-5,8,11H,6-7,9-10H2,1-2H3,(H2,15,20). The SMILES string of the molecule is CC1CN(C)CCN1S(=O)(=O)Cc1cccc(C(N)=S)c1. The molecular formula is C14H21N3O2S2. The molecule has 1 saturated heterocycles. The van der Waals surface area contributed by atoms with Crippen LogP contribution in [0.15, 0.2) is 24.3 Å². The minimum atomic E-state index is -3.33. The molecule has 0 radical (unpaired) electrons. The van der Waals surface area contributed by atoms with Crippen LogP contribution in [0.5, 0.6) is 0 Å². The van der Waals surface area contributed by atoms with Gasteiger partial charge in [-0.3, -0.25) is 0 Å². The largest absolute Gasteiger partial charge is 0.389 e. The summed E-state index contributed by atoms with van der Waals surface area (Å²) in [5.41, 5.74) is 7.01. The number of piperazine rings is 1. The van der Waals surface area contributed by atoms with E-state index >= 15 is 0 Å². The Bertz CT molecular complexity index is 631. The van der Waals surface area contributed by atoms with Gasteiger partial charge in [0, 0.05) is 31.2 Å². The van der Waals surface area contributed by atoms with Crippen LogP contribution in [0.2, 0.25) is 0 Å². The summed E-state index contributed by atoms with van der Waals surface area (Å²) in [6.45, 7) is 4.00. The van der Waals surface area contributed by atoms with E-state index in [1.54, 1.807) is 28.6 Å². The van der Waals surface area contributed by atoms with Gasteiger partial charge in [-0.25, -0.2) is 8.42 Å². The average Bonchev–Trinajstić information content (AvgIpc) is 2.37. The minimum Gasteiger partial charge on any atom is -0.389 e. The van der Waals surface area contributed by atoms with E-state index in [0.29, 0.717) is 17.7 Å². The zero-order chi connectivity index (χ0) is 15.6. The fourth-order valence-corrected chi connectivity index (χ4v) is 4.51. The summed E-state index contributed by atoms with van der Waals surface area (Å²) in [7, 11) is -1.32. The van der Waals surface area contributed by atoms with Crippen LogP contribution in [0.3, 0.4) is 0 Å². The Morgan fingerprint density at radius 3 is 2.76 bits per heavy atom. The summed E-state index contributed by atoms with van der Waals surface area (Å²) >= 11 is 4.93. The molecular weight excluding hydrogens is 306 g/mol. The number of rotatable bonds is 4. The second-order valence-corrected chi connectivity index (χ2v) is 7.90. The Balaban J connectivity index is 2.17. The highest BCUT2D eigenvalue weighted by Crippen LogP contribution is 2.18. The van der Waals surface area contributed by atoms with Gasteiger partial charge in [0.2, 0.25) is 10.0 Å². The molecule has 5 nitrogen and oxygen atoms in total. The van der Waals surface area contributed by atoms with E-state index in [-0.39, 0.29) is 16.8 Å². The molecule has 0 saturated carbocycles. The first-order valence-electron chi connectivity index (χ1n) is 6.86. The minimum absolute atomic E-state index is 0.00693. The predicted molar refractivity (Wildman–Crippen MR) is 88.6 cm³/mol. The van der Waals surface area contributed by atoms with Gasteiger partial charge < -0.3 is 10.6 Å². The molecule has 0 aromatic heterocycles. The lowest BCUT2D eigenvalue weighted by molar-refractivity contribution is 0.170. The monoisotopic (exact) mass is 327 g/mol. The second-order valence-electron chi connectivity index (χ2n) is 5.54. The Morgan fingerprint density at radius 2 is 2.14 bits per heavy atom. The average molecular weight is 327 g/mol. The Hall–Kier alpha value is -1.02. The van der Waals surface area contributed by atoms with Gasteiger partial charge in [-0.2, -0.15) is 4.31 Å². The van der Waals surface area contributed by atoms with Crippen LogP contribution < -0.4 is 5.73 Å². The van der Waals surface area contributed by atoms with E-state index in [9.17, 15) is 8.42 Å². The third kappa shape index (κ3) is 4.00. The third-order valence-electron chi connectivity index (χ3n) is 3.69. The number of hydrogen-bond acceptors (Lipinski definition) is 4. The van der Waals surface area contributed by atoms with Crippen molar-refractivity contribution in [1.29, 1.82) is 0 Å². The summed E-state index contributed by atoms with van der Waals surface area (Å²) in [5, 5.41) is 0. The topological polar surface area (TPSA) is 66.6 Å². The molecule has 1 unspecified atom stereocenters. The summed E-state index contributed by atoms with van der Waals surface area (Å²) in [4.78, 5) is 2.42. The quantitative estimate of drug-likeness (QED) is 0.828. The molecule has 1 aliphatic heterocycles. The highest BCUT2D eigenvalue weighted by molar-refractivity contribution is 7.88. The number of hydrogen-bond donors (Lipinski definition) is 1. The molecule has 7 heteroatoms. The second kappa shape index (κ2) is 6.39. The molecule has 1 atom stereocenters. The fraction of sp³-hybridized carbons (Fsp3) is 0.500. The maximum atomic E-state index is 12.6. The van der Waals surface area contributed by atoms with E-state index < -0.39 is 10.0 Å². The van der Waals surface area contributed by atoms with Gasteiger partial charge in [0.05, 0.1) is 5.75 Å². The lowest BCUT2D eigenvalue weighted by atomic mass is 10.1. The fourth-order valence-electron chi connectivity index (χ4n) is 2.64. The Labute approximate surface area is 131 Å². The van der Waals surface area contributed by atoms with Crippen LogP contribution in [0, 0.1) is 0 Å². The van der Waals surface area contributed by atoms with Crippen LogP contribution >= 0.6 is 12.2 Å². The van der Waals surface area contributed by atoms with Crippen molar-refractivity contribution in [2.75, 3.05) is 26.7 Å². The van der Waals surface area contributed by atoms with Gasteiger partial charge in [0.25, 0.3) is 0 Å². The molecule has 116 valence electrons. The molecule has 1 aromatic rings. The zero-order valence-electron chi connectivity index (χ0n) is 12.3. The van der Waals surface area contributed by atoms with E-state index in [1.807, 2.05) is 14.0 Å². The summed E-state index contributed by atoms with van der Waals surface area (Å²) in [6, 6.07) is 7.11. The van der Waals surface area contributed by atoms with Crippen molar-refractivity contribution in [3.8, 4) is 0 Å². The van der Waals surface area contributed by atoms with Gasteiger partial charge in [0.15, 0.2) is 0 Å². The van der Waals surface area contributed by atoms with Crippen LogP contribution in [0.4, 0.5) is 0 Å². The van der Waals surface area contributed by atoms with Crippen molar-refractivity contribution >= 4 is 27.2 Å². The van der Waals surface area contributed by atoms with Gasteiger partial charge in [0.1, 0.15) is 4.99 Å². The smallest absolute Gasteiger partial charge is 0.218 e. The molecule has 0 bridgehead atoms. The van der Waals surface area contributed by atoms with Crippen molar-refractivity contribution in [2.45, 2.75) is 18.7 Å². The van der Waals surface area contributed by atoms with E-state index in [2.05, 4.69) is 4.90 Å². The molecule has 1 heterocycles. The van der Waals surface area contributed by atoms with E-state index in [4.69, 9.17) is 18.0 Å². The molecule has 2 N–H and O–H groups in total. The lowest BCUT2D eigenvalue weighted by Crippen LogP contribution is -2.52. The molecule has 0 amide bonds. The number of nitrogens with zero attached hydrogens (tertiary/aromatic N) is 2. The van der Waals surface area contributed by atoms with Crippen molar-refractivity contribution in [2.24, 2.45) is 5.73 Å². The zero-order valence-corrected chi connectivity index (χ0v) is 14.0. The van der Waals surface area contributed by atoms with Gasteiger partial charge >= 0.3 is 0 Å². The van der Waals surface area contributed by atoms with Crippen LogP contribution in [0.1, 0.15) is 18.1 Å². The van der Waals surface area contributed by atoms with Crippen molar-refractivity contribution in [1.82, 2.24) is 9.21 Å². The molecule has 0 aliphatic carbocycles. The molecule has 1 aromatic carbocycles. The number of likely N-dealkylation sites (N-methyl/N-ethyl adjacent to an activating group) is 1. The Morgan fingerprint density at radius 1 is 1.43 bits per heavy atom. The van der Waals surface area contributed by atoms with E-state index in [0.717, 1.165) is 13.1 Å². The maximum Gasteiger partial charge on any atom is 0.218 e. The normalized spacial score (nSPS) is 21.3. The molecule has 1 fully saturated rings. The third-order valence-corrected chi connectivity index (χ3v) is 5.88. The van der Waals surface area contributed by atoms with E-state index in [1.165, 1.54) is 0 Å². The molecule has 0 spiro atoms. The number of thiocarbonyl (C=S) groups is 1. The van der Waals surface area contributed by atoms with Crippen LogP contribution in [-0.2, 0) is 15.8 Å². The van der Waals surface area contributed by atoms with Crippen molar-refractivity contribution in [3.05, 3.63) is 35.4 Å². The molecule has 1 aliphatic rings. The first kappa shape index (κ1) is 16.4. The first-order valence-corrected chi connectivity index (χ1v) is 8.88. The number of sulfonamides is 1. The first-order chi connectivity index (χ1) is 9.79. The highest BCUT2D eigenvalue weighted by atomic mass is 32.2. The lowest BCUT2D eigenvalue weighted by Gasteiger charge is -2.37. The molecule has 2 rings (SSSR count). The number of benzene rings is 1. The van der Waals surface area contributed by atoms with Crippen LogP contribution in [0.25, 0.3) is 0 Å². The summed E-state index contributed by atoms with van der Waals surface area (Å²) in [5.74, 6) is -0.0164. The summed E-state index contributed by atoms with van der Waals surface area (Å²) < 4.78 is 26.8. The van der Waals surface area contributed by atoms with Gasteiger partial charge in [-0.05, 0) is 25.6 Å². The van der Waals surface area contributed by atoms with Crippen LogP contribution in [-0.4, -0.2) is 55.3 Å². The van der Waals surface area contributed by atoms with Gasteiger partial charge in [-0.1, -0.05) is 30.4 Å². The maximum absolute atomic E-state index is 12.6. The van der Waals surface area contributed by atoms with Crippen molar-refractivity contribution in [3.63, 3.8) is 0 Å². The number of nitrogens with two attached hydrogens (primary N) is 1. The highest BCUT2D eigenvalue weighted by Gasteiger charge is 2.31. The predicted octanol–water partition coefficient (Wildman–Crippen LogP) is 0.786.